The molecule has 5 heteroatoms. The summed E-state index contributed by atoms with van der Waals surface area (Å²) in [5.74, 6) is 0.889. The van der Waals surface area contributed by atoms with E-state index in [0.29, 0.717) is 0 Å². The maximum atomic E-state index is 5.10. The summed E-state index contributed by atoms with van der Waals surface area (Å²) >= 11 is 1.72. The topological polar surface area (TPSA) is 51.0 Å². The Balaban J connectivity index is 1.89. The smallest absolute Gasteiger partial charge is 0.138 e. The standard InChI is InChI=1S/C11H15N3OS/c1-7-4-13-11(16-7)6-12-5-10-8(2)14-15-9(10)3/h4,12H,5-6H2,1-3H3. The summed E-state index contributed by atoms with van der Waals surface area (Å²) in [5, 5.41) is 8.38. The van der Waals surface area contributed by atoms with Crippen molar-refractivity contribution in [3.05, 3.63) is 33.1 Å². The second-order valence-electron chi connectivity index (χ2n) is 3.77. The molecule has 0 spiro atoms. The molecular formula is C11H15N3OS. The predicted molar refractivity (Wildman–Crippen MR) is 63.4 cm³/mol. The molecule has 4 nitrogen and oxygen atoms in total. The van der Waals surface area contributed by atoms with Gasteiger partial charge in [-0.05, 0) is 20.8 Å². The van der Waals surface area contributed by atoms with Crippen molar-refractivity contribution in [2.75, 3.05) is 0 Å². The fraction of sp³-hybridized carbons (Fsp3) is 0.455. The van der Waals surface area contributed by atoms with Crippen LogP contribution in [0.5, 0.6) is 0 Å². The minimum atomic E-state index is 0.778. The van der Waals surface area contributed by atoms with Crippen LogP contribution < -0.4 is 5.32 Å². The molecule has 16 heavy (non-hydrogen) atoms. The van der Waals surface area contributed by atoms with Gasteiger partial charge in [0.15, 0.2) is 0 Å². The van der Waals surface area contributed by atoms with E-state index in [9.17, 15) is 0 Å². The third kappa shape index (κ3) is 2.48. The summed E-state index contributed by atoms with van der Waals surface area (Å²) in [6, 6.07) is 0. The number of hydrogen-bond donors (Lipinski definition) is 1. The fourth-order valence-electron chi connectivity index (χ4n) is 1.53. The molecule has 2 heterocycles. The predicted octanol–water partition coefficient (Wildman–Crippen LogP) is 2.35. The number of nitrogens with one attached hydrogen (secondary N) is 1. The Morgan fingerprint density at radius 2 is 2.12 bits per heavy atom. The van der Waals surface area contributed by atoms with E-state index < -0.39 is 0 Å². The Bertz CT molecular complexity index is 456. The van der Waals surface area contributed by atoms with E-state index in [1.54, 1.807) is 11.3 Å². The van der Waals surface area contributed by atoms with Crippen molar-refractivity contribution in [2.24, 2.45) is 0 Å². The second kappa shape index (κ2) is 4.76. The number of aromatic nitrogens is 2. The van der Waals surface area contributed by atoms with E-state index in [1.807, 2.05) is 20.0 Å². The van der Waals surface area contributed by atoms with E-state index in [2.05, 4.69) is 22.4 Å². The number of nitrogens with zero attached hydrogens (tertiary/aromatic N) is 2. The summed E-state index contributed by atoms with van der Waals surface area (Å²) in [5.41, 5.74) is 2.11. The molecule has 0 atom stereocenters. The van der Waals surface area contributed by atoms with Gasteiger partial charge < -0.3 is 9.84 Å². The molecule has 0 aliphatic heterocycles. The lowest BCUT2D eigenvalue weighted by Crippen LogP contribution is -2.13. The van der Waals surface area contributed by atoms with Gasteiger partial charge in [0.25, 0.3) is 0 Å². The lowest BCUT2D eigenvalue weighted by atomic mass is 10.2. The first-order valence-corrected chi connectivity index (χ1v) is 6.02. The summed E-state index contributed by atoms with van der Waals surface area (Å²) in [6.07, 6.45) is 1.90. The first kappa shape index (κ1) is 11.3. The molecule has 0 bridgehead atoms. The Morgan fingerprint density at radius 3 is 2.69 bits per heavy atom. The zero-order valence-corrected chi connectivity index (χ0v) is 10.5. The van der Waals surface area contributed by atoms with Gasteiger partial charge in [0, 0.05) is 29.7 Å². The molecule has 0 radical (unpaired) electrons. The normalized spacial score (nSPS) is 10.9. The average Bonchev–Trinajstić information content (AvgIpc) is 2.78. The third-order valence-corrected chi connectivity index (χ3v) is 3.34. The minimum Gasteiger partial charge on any atom is -0.361 e. The van der Waals surface area contributed by atoms with Crippen LogP contribution >= 0.6 is 11.3 Å². The quantitative estimate of drug-likeness (QED) is 0.886. The number of hydrogen-bond acceptors (Lipinski definition) is 5. The third-order valence-electron chi connectivity index (χ3n) is 2.43. The average molecular weight is 237 g/mol. The van der Waals surface area contributed by atoms with Gasteiger partial charge in [-0.15, -0.1) is 11.3 Å². The molecule has 2 rings (SSSR count). The largest absolute Gasteiger partial charge is 0.361 e. The van der Waals surface area contributed by atoms with Crippen LogP contribution in [-0.4, -0.2) is 10.1 Å². The highest BCUT2D eigenvalue weighted by atomic mass is 32.1. The number of aryl methyl sites for hydroxylation is 3. The van der Waals surface area contributed by atoms with Gasteiger partial charge in [0.2, 0.25) is 0 Å². The van der Waals surface area contributed by atoms with E-state index >= 15 is 0 Å². The zero-order chi connectivity index (χ0) is 11.5. The van der Waals surface area contributed by atoms with Crippen LogP contribution in [0.15, 0.2) is 10.7 Å². The molecule has 0 aliphatic rings. The van der Waals surface area contributed by atoms with Gasteiger partial charge in [0.05, 0.1) is 5.69 Å². The van der Waals surface area contributed by atoms with Crippen molar-refractivity contribution in [1.29, 1.82) is 0 Å². The fourth-order valence-corrected chi connectivity index (χ4v) is 2.29. The van der Waals surface area contributed by atoms with Crippen LogP contribution in [0.25, 0.3) is 0 Å². The molecule has 2 aromatic rings. The molecule has 86 valence electrons. The van der Waals surface area contributed by atoms with Crippen molar-refractivity contribution in [2.45, 2.75) is 33.9 Å². The zero-order valence-electron chi connectivity index (χ0n) is 9.70. The highest BCUT2D eigenvalue weighted by molar-refractivity contribution is 7.11. The van der Waals surface area contributed by atoms with Crippen LogP contribution in [0.2, 0.25) is 0 Å². The van der Waals surface area contributed by atoms with Gasteiger partial charge in [0.1, 0.15) is 10.8 Å². The van der Waals surface area contributed by atoms with E-state index in [1.165, 1.54) is 4.88 Å². The van der Waals surface area contributed by atoms with E-state index in [0.717, 1.165) is 35.1 Å². The molecule has 0 saturated heterocycles. The van der Waals surface area contributed by atoms with E-state index in [-0.39, 0.29) is 0 Å². The molecule has 0 saturated carbocycles. The van der Waals surface area contributed by atoms with Gasteiger partial charge in [-0.2, -0.15) is 0 Å². The van der Waals surface area contributed by atoms with Crippen molar-refractivity contribution in [3.63, 3.8) is 0 Å². The SMILES string of the molecule is Cc1cnc(CNCc2c(C)noc2C)s1. The first-order valence-electron chi connectivity index (χ1n) is 5.20. The van der Waals surface area contributed by atoms with Crippen LogP contribution in [-0.2, 0) is 13.1 Å². The van der Waals surface area contributed by atoms with Gasteiger partial charge >= 0.3 is 0 Å². The Labute approximate surface area is 98.7 Å². The molecule has 0 amide bonds. The Hall–Kier alpha value is -1.20. The maximum absolute atomic E-state index is 5.10. The van der Waals surface area contributed by atoms with Crippen molar-refractivity contribution < 1.29 is 4.52 Å². The van der Waals surface area contributed by atoms with Gasteiger partial charge in [-0.1, -0.05) is 5.16 Å². The Kier molecular flexibility index (Phi) is 3.36. The lowest BCUT2D eigenvalue weighted by Gasteiger charge is -2.01. The van der Waals surface area contributed by atoms with Crippen molar-refractivity contribution >= 4 is 11.3 Å². The monoisotopic (exact) mass is 237 g/mol. The van der Waals surface area contributed by atoms with Crippen LogP contribution in [0.1, 0.15) is 26.9 Å². The Morgan fingerprint density at radius 1 is 1.31 bits per heavy atom. The molecule has 0 unspecified atom stereocenters. The summed E-state index contributed by atoms with van der Waals surface area (Å²) in [6.45, 7) is 7.53. The highest BCUT2D eigenvalue weighted by Crippen LogP contribution is 2.13. The molecule has 0 fully saturated rings. The summed E-state index contributed by atoms with van der Waals surface area (Å²) < 4.78 is 5.10. The summed E-state index contributed by atoms with van der Waals surface area (Å²) in [4.78, 5) is 5.54. The first-order chi connectivity index (χ1) is 7.66. The molecule has 1 N–H and O–H groups in total. The lowest BCUT2D eigenvalue weighted by molar-refractivity contribution is 0.392. The molecule has 0 aliphatic carbocycles. The minimum absolute atomic E-state index is 0.778. The van der Waals surface area contributed by atoms with Crippen molar-refractivity contribution in [3.8, 4) is 0 Å². The number of thiazole rings is 1. The number of rotatable bonds is 4. The molecule has 2 aromatic heterocycles. The highest BCUT2D eigenvalue weighted by Gasteiger charge is 2.08. The summed E-state index contributed by atoms with van der Waals surface area (Å²) in [7, 11) is 0. The molecular weight excluding hydrogens is 222 g/mol. The van der Waals surface area contributed by atoms with Gasteiger partial charge in [-0.3, -0.25) is 0 Å². The van der Waals surface area contributed by atoms with Crippen molar-refractivity contribution in [1.82, 2.24) is 15.5 Å². The molecule has 0 aromatic carbocycles. The van der Waals surface area contributed by atoms with Crippen LogP contribution in [0.3, 0.4) is 0 Å². The second-order valence-corrected chi connectivity index (χ2v) is 5.09. The van der Waals surface area contributed by atoms with Gasteiger partial charge in [-0.25, -0.2) is 4.98 Å². The van der Waals surface area contributed by atoms with Crippen LogP contribution in [0.4, 0.5) is 0 Å². The van der Waals surface area contributed by atoms with Crippen LogP contribution in [0, 0.1) is 20.8 Å². The van der Waals surface area contributed by atoms with E-state index in [4.69, 9.17) is 4.52 Å². The maximum Gasteiger partial charge on any atom is 0.138 e.